The zero-order chi connectivity index (χ0) is 14.4. The number of anilines is 1. The van der Waals surface area contributed by atoms with Crippen LogP contribution in [-0.4, -0.2) is 25.7 Å². The minimum Gasteiger partial charge on any atom is -0.369 e. The normalized spacial score (nSPS) is 17.9. The van der Waals surface area contributed by atoms with Crippen LogP contribution in [0.1, 0.15) is 43.7 Å². The number of nitriles is 1. The molecule has 1 aliphatic heterocycles. The van der Waals surface area contributed by atoms with Gasteiger partial charge in [0.05, 0.1) is 11.3 Å². The Labute approximate surface area is 122 Å². The SMILES string of the molecule is CCCCN(CC1CCCN1)c1c(C)cccc1C#N. The van der Waals surface area contributed by atoms with Crippen LogP contribution < -0.4 is 10.2 Å². The van der Waals surface area contributed by atoms with Gasteiger partial charge in [-0.25, -0.2) is 0 Å². The number of nitrogens with zero attached hydrogens (tertiary/aromatic N) is 2. The summed E-state index contributed by atoms with van der Waals surface area (Å²) in [5.41, 5.74) is 3.15. The lowest BCUT2D eigenvalue weighted by molar-refractivity contribution is 0.571. The zero-order valence-corrected chi connectivity index (χ0v) is 12.7. The Morgan fingerprint density at radius 1 is 1.45 bits per heavy atom. The van der Waals surface area contributed by atoms with Crippen LogP contribution in [0.25, 0.3) is 0 Å². The van der Waals surface area contributed by atoms with Crippen molar-refractivity contribution < 1.29 is 0 Å². The van der Waals surface area contributed by atoms with Gasteiger partial charge >= 0.3 is 0 Å². The minimum atomic E-state index is 0.568. The molecule has 108 valence electrons. The van der Waals surface area contributed by atoms with Gasteiger partial charge in [0.1, 0.15) is 6.07 Å². The van der Waals surface area contributed by atoms with E-state index >= 15 is 0 Å². The van der Waals surface area contributed by atoms with Crippen LogP contribution in [0.15, 0.2) is 18.2 Å². The lowest BCUT2D eigenvalue weighted by Gasteiger charge is -2.30. The van der Waals surface area contributed by atoms with Gasteiger partial charge in [-0.3, -0.25) is 0 Å². The number of benzene rings is 1. The van der Waals surface area contributed by atoms with Crippen LogP contribution in [-0.2, 0) is 0 Å². The molecule has 1 unspecified atom stereocenters. The number of nitrogens with one attached hydrogen (secondary N) is 1. The van der Waals surface area contributed by atoms with Gasteiger partial charge in [-0.05, 0) is 44.4 Å². The number of unbranched alkanes of at least 4 members (excludes halogenated alkanes) is 1. The number of rotatable bonds is 6. The maximum atomic E-state index is 9.39. The summed E-state index contributed by atoms with van der Waals surface area (Å²) in [6.45, 7) is 7.51. The van der Waals surface area contributed by atoms with E-state index in [0.29, 0.717) is 6.04 Å². The molecular weight excluding hydrogens is 246 g/mol. The Morgan fingerprint density at radius 3 is 2.95 bits per heavy atom. The van der Waals surface area contributed by atoms with E-state index in [1.807, 2.05) is 12.1 Å². The maximum Gasteiger partial charge on any atom is 0.101 e. The van der Waals surface area contributed by atoms with E-state index in [1.165, 1.54) is 31.2 Å². The summed E-state index contributed by atoms with van der Waals surface area (Å²) < 4.78 is 0. The van der Waals surface area contributed by atoms with Crippen LogP contribution in [0, 0.1) is 18.3 Å². The first-order valence-electron chi connectivity index (χ1n) is 7.74. The number of aryl methyl sites for hydroxylation is 1. The molecule has 0 aromatic heterocycles. The second-order valence-electron chi connectivity index (χ2n) is 5.68. The van der Waals surface area contributed by atoms with E-state index in [-0.39, 0.29) is 0 Å². The highest BCUT2D eigenvalue weighted by Gasteiger charge is 2.20. The molecule has 0 bridgehead atoms. The first kappa shape index (κ1) is 14.9. The van der Waals surface area contributed by atoms with Gasteiger partial charge in [0, 0.05) is 19.1 Å². The average Bonchev–Trinajstić information content (AvgIpc) is 2.96. The van der Waals surface area contributed by atoms with Crippen molar-refractivity contribution in [3.63, 3.8) is 0 Å². The predicted molar refractivity (Wildman–Crippen MR) is 84.0 cm³/mol. The molecule has 1 saturated heterocycles. The molecule has 20 heavy (non-hydrogen) atoms. The van der Waals surface area contributed by atoms with E-state index in [2.05, 4.69) is 36.2 Å². The smallest absolute Gasteiger partial charge is 0.101 e. The Balaban J connectivity index is 2.23. The highest BCUT2D eigenvalue weighted by atomic mass is 15.2. The summed E-state index contributed by atoms with van der Waals surface area (Å²) in [5, 5.41) is 13.0. The third-order valence-electron chi connectivity index (χ3n) is 4.06. The first-order chi connectivity index (χ1) is 9.76. The quantitative estimate of drug-likeness (QED) is 0.863. The van der Waals surface area contributed by atoms with Gasteiger partial charge in [0.15, 0.2) is 0 Å². The topological polar surface area (TPSA) is 39.1 Å². The fourth-order valence-electron chi connectivity index (χ4n) is 2.99. The third-order valence-corrected chi connectivity index (χ3v) is 4.06. The lowest BCUT2D eigenvalue weighted by atomic mass is 10.1. The second-order valence-corrected chi connectivity index (χ2v) is 5.68. The highest BCUT2D eigenvalue weighted by molar-refractivity contribution is 5.64. The van der Waals surface area contributed by atoms with Crippen molar-refractivity contribution in [1.29, 1.82) is 5.26 Å². The van der Waals surface area contributed by atoms with Gasteiger partial charge in [0.2, 0.25) is 0 Å². The molecule has 1 aliphatic rings. The molecule has 1 atom stereocenters. The van der Waals surface area contributed by atoms with Crippen LogP contribution in [0.5, 0.6) is 0 Å². The molecule has 2 rings (SSSR count). The molecule has 0 spiro atoms. The first-order valence-corrected chi connectivity index (χ1v) is 7.74. The van der Waals surface area contributed by atoms with Gasteiger partial charge < -0.3 is 10.2 Å². The molecule has 0 amide bonds. The molecule has 1 aromatic carbocycles. The van der Waals surface area contributed by atoms with Crippen LogP contribution >= 0.6 is 0 Å². The molecule has 0 radical (unpaired) electrons. The molecule has 1 aromatic rings. The fourth-order valence-corrected chi connectivity index (χ4v) is 2.99. The molecule has 0 aliphatic carbocycles. The van der Waals surface area contributed by atoms with Crippen molar-refractivity contribution in [2.45, 2.75) is 45.6 Å². The Bertz CT molecular complexity index is 470. The molecular formula is C17H25N3. The molecule has 1 heterocycles. The van der Waals surface area contributed by atoms with Gasteiger partial charge in [-0.2, -0.15) is 5.26 Å². The van der Waals surface area contributed by atoms with Crippen molar-refractivity contribution in [2.75, 3.05) is 24.5 Å². The van der Waals surface area contributed by atoms with Crippen LogP contribution in [0.3, 0.4) is 0 Å². The predicted octanol–water partition coefficient (Wildman–Crippen LogP) is 3.23. The van der Waals surface area contributed by atoms with Crippen LogP contribution in [0.2, 0.25) is 0 Å². The average molecular weight is 271 g/mol. The maximum absolute atomic E-state index is 9.39. The number of hydrogen-bond donors (Lipinski definition) is 1. The lowest BCUT2D eigenvalue weighted by Crippen LogP contribution is -2.38. The fraction of sp³-hybridized carbons (Fsp3) is 0.588. The van der Waals surface area contributed by atoms with Crippen molar-refractivity contribution in [3.05, 3.63) is 29.3 Å². The Kier molecular flexibility index (Phi) is 5.43. The molecule has 3 heteroatoms. The van der Waals surface area contributed by atoms with E-state index in [0.717, 1.165) is 30.9 Å². The molecule has 3 nitrogen and oxygen atoms in total. The Morgan fingerprint density at radius 2 is 2.30 bits per heavy atom. The number of para-hydroxylation sites is 1. The van der Waals surface area contributed by atoms with E-state index in [4.69, 9.17) is 0 Å². The van der Waals surface area contributed by atoms with Crippen molar-refractivity contribution in [2.24, 2.45) is 0 Å². The van der Waals surface area contributed by atoms with Gasteiger partial charge in [-0.15, -0.1) is 0 Å². The number of hydrogen-bond acceptors (Lipinski definition) is 3. The van der Waals surface area contributed by atoms with Crippen LogP contribution in [0.4, 0.5) is 5.69 Å². The second kappa shape index (κ2) is 7.31. The molecule has 1 N–H and O–H groups in total. The summed E-state index contributed by atoms with van der Waals surface area (Å²) >= 11 is 0. The van der Waals surface area contributed by atoms with E-state index in [1.54, 1.807) is 0 Å². The highest BCUT2D eigenvalue weighted by Crippen LogP contribution is 2.26. The van der Waals surface area contributed by atoms with Gasteiger partial charge in [0.25, 0.3) is 0 Å². The van der Waals surface area contributed by atoms with Gasteiger partial charge in [-0.1, -0.05) is 25.5 Å². The van der Waals surface area contributed by atoms with E-state index < -0.39 is 0 Å². The summed E-state index contributed by atoms with van der Waals surface area (Å²) in [6, 6.07) is 8.94. The van der Waals surface area contributed by atoms with Crippen molar-refractivity contribution in [1.82, 2.24) is 5.32 Å². The standard InChI is InChI=1S/C17H25N3/c1-3-4-11-20(13-16-9-6-10-19-16)17-14(2)7-5-8-15(17)12-18/h5,7-8,16,19H,3-4,6,9-11,13H2,1-2H3. The summed E-state index contributed by atoms with van der Waals surface area (Å²) in [7, 11) is 0. The molecule has 0 saturated carbocycles. The van der Waals surface area contributed by atoms with E-state index in [9.17, 15) is 5.26 Å². The monoisotopic (exact) mass is 271 g/mol. The minimum absolute atomic E-state index is 0.568. The Hall–Kier alpha value is -1.53. The summed E-state index contributed by atoms with van der Waals surface area (Å²) in [5.74, 6) is 0. The van der Waals surface area contributed by atoms with Crippen molar-refractivity contribution in [3.8, 4) is 6.07 Å². The summed E-state index contributed by atoms with van der Waals surface area (Å²) in [4.78, 5) is 2.42. The molecule has 1 fully saturated rings. The summed E-state index contributed by atoms with van der Waals surface area (Å²) in [6.07, 6.45) is 4.87. The largest absolute Gasteiger partial charge is 0.369 e. The van der Waals surface area contributed by atoms with Crippen molar-refractivity contribution >= 4 is 5.69 Å². The third kappa shape index (κ3) is 3.52. The zero-order valence-electron chi connectivity index (χ0n) is 12.7.